The summed E-state index contributed by atoms with van der Waals surface area (Å²) in [5.41, 5.74) is 5.64. The fourth-order valence-electron chi connectivity index (χ4n) is 2.28. The lowest BCUT2D eigenvalue weighted by Crippen LogP contribution is -2.52. The van der Waals surface area contributed by atoms with Crippen LogP contribution in [0.1, 0.15) is 19.8 Å². The first kappa shape index (κ1) is 15.9. The van der Waals surface area contributed by atoms with E-state index in [1.165, 1.54) is 4.31 Å². The van der Waals surface area contributed by atoms with Crippen LogP contribution < -0.4 is 5.73 Å². The third kappa shape index (κ3) is 4.18. The van der Waals surface area contributed by atoms with Crippen molar-refractivity contribution in [2.45, 2.75) is 25.8 Å². The molecule has 6 nitrogen and oxygen atoms in total. The quantitative estimate of drug-likeness (QED) is 0.732. The Bertz CT molecular complexity index is 472. The molecule has 0 aliphatic carbocycles. The van der Waals surface area contributed by atoms with E-state index < -0.39 is 19.9 Å². The molecule has 0 spiro atoms. The van der Waals surface area contributed by atoms with Crippen molar-refractivity contribution < 1.29 is 16.8 Å². The van der Waals surface area contributed by atoms with Crippen LogP contribution in [0.2, 0.25) is 0 Å². The van der Waals surface area contributed by atoms with E-state index in [-0.39, 0.29) is 30.0 Å². The molecule has 1 heterocycles. The minimum absolute atomic E-state index is 0.205. The van der Waals surface area contributed by atoms with Crippen LogP contribution in [-0.4, -0.2) is 58.0 Å². The fraction of sp³-hybridized carbons (Fsp3) is 1.00. The summed E-state index contributed by atoms with van der Waals surface area (Å²) in [4.78, 5) is 0. The van der Waals surface area contributed by atoms with Crippen LogP contribution in [0, 0.1) is 5.92 Å². The van der Waals surface area contributed by atoms with E-state index in [9.17, 15) is 16.8 Å². The molecule has 0 aromatic carbocycles. The Hall–Kier alpha value is -0.180. The second-order valence-electron chi connectivity index (χ2n) is 4.98. The smallest absolute Gasteiger partial charge is 0.215 e. The summed E-state index contributed by atoms with van der Waals surface area (Å²) in [5.74, 6) is -0.469. The Kier molecular flexibility index (Phi) is 5.16. The number of nitrogens with zero attached hydrogens (tertiary/aromatic N) is 1. The minimum Gasteiger partial charge on any atom is -0.329 e. The number of nitrogens with two attached hydrogens (primary N) is 1. The molecule has 0 bridgehead atoms. The van der Waals surface area contributed by atoms with E-state index in [1.54, 1.807) is 0 Å². The lowest BCUT2D eigenvalue weighted by molar-refractivity contribution is 0.193. The maximum absolute atomic E-state index is 12.2. The monoisotopic (exact) mass is 298 g/mol. The number of hydrogen-bond acceptors (Lipinski definition) is 5. The van der Waals surface area contributed by atoms with Gasteiger partial charge in [0.2, 0.25) is 10.0 Å². The number of sulfonamides is 1. The van der Waals surface area contributed by atoms with Gasteiger partial charge in [0.05, 0.1) is 11.5 Å². The average Bonchev–Trinajstić information content (AvgIpc) is 2.25. The molecule has 0 amide bonds. The van der Waals surface area contributed by atoms with Gasteiger partial charge in [-0.05, 0) is 18.8 Å². The number of rotatable bonds is 5. The van der Waals surface area contributed by atoms with Crippen LogP contribution >= 0.6 is 0 Å². The maximum Gasteiger partial charge on any atom is 0.215 e. The van der Waals surface area contributed by atoms with Crippen molar-refractivity contribution in [1.29, 1.82) is 0 Å². The molecule has 2 N–H and O–H groups in total. The molecule has 1 saturated heterocycles. The molecule has 8 heteroatoms. The van der Waals surface area contributed by atoms with Gasteiger partial charge in [-0.3, -0.25) is 0 Å². The van der Waals surface area contributed by atoms with Crippen LogP contribution in [0.3, 0.4) is 0 Å². The largest absolute Gasteiger partial charge is 0.329 e. The lowest BCUT2D eigenvalue weighted by Gasteiger charge is -2.38. The van der Waals surface area contributed by atoms with Crippen LogP contribution in [0.5, 0.6) is 0 Å². The highest BCUT2D eigenvalue weighted by atomic mass is 32.2. The van der Waals surface area contributed by atoms with E-state index in [0.29, 0.717) is 6.54 Å². The van der Waals surface area contributed by atoms with Gasteiger partial charge in [0.25, 0.3) is 0 Å². The number of piperidine rings is 1. The van der Waals surface area contributed by atoms with Gasteiger partial charge >= 0.3 is 0 Å². The summed E-state index contributed by atoms with van der Waals surface area (Å²) in [7, 11) is -6.81. The molecule has 2 unspecified atom stereocenters. The van der Waals surface area contributed by atoms with Gasteiger partial charge < -0.3 is 5.73 Å². The van der Waals surface area contributed by atoms with Gasteiger partial charge in [-0.2, -0.15) is 4.31 Å². The van der Waals surface area contributed by atoms with Crippen molar-refractivity contribution >= 4 is 19.9 Å². The third-order valence-electron chi connectivity index (χ3n) is 3.38. The summed E-state index contributed by atoms with van der Waals surface area (Å²) in [6, 6.07) is -0.205. The average molecular weight is 298 g/mol. The van der Waals surface area contributed by atoms with Gasteiger partial charge in [-0.1, -0.05) is 6.92 Å². The molecule has 1 rings (SSSR count). The maximum atomic E-state index is 12.2. The van der Waals surface area contributed by atoms with Crippen LogP contribution in [-0.2, 0) is 19.9 Å². The lowest BCUT2D eigenvalue weighted by atomic mass is 9.93. The van der Waals surface area contributed by atoms with Crippen LogP contribution in [0.4, 0.5) is 0 Å². The van der Waals surface area contributed by atoms with E-state index in [4.69, 9.17) is 5.73 Å². The zero-order chi connectivity index (χ0) is 14.0. The minimum atomic E-state index is -3.54. The topological polar surface area (TPSA) is 97.5 Å². The van der Waals surface area contributed by atoms with Crippen molar-refractivity contribution in [2.24, 2.45) is 11.7 Å². The first-order valence-corrected chi connectivity index (χ1v) is 9.71. The van der Waals surface area contributed by atoms with Gasteiger partial charge in [0, 0.05) is 25.4 Å². The summed E-state index contributed by atoms with van der Waals surface area (Å²) in [6.45, 7) is 2.70. The predicted octanol–water partition coefficient (Wildman–Crippen LogP) is -0.580. The third-order valence-corrected chi connectivity index (χ3v) is 6.47. The number of hydrogen-bond donors (Lipinski definition) is 1. The fourth-order valence-corrected chi connectivity index (χ4v) is 5.68. The first-order valence-electron chi connectivity index (χ1n) is 6.04. The molecule has 1 aliphatic heterocycles. The standard InChI is InChI=1S/C10H22N2O4S2/c1-9-4-3-5-12(10(9)8-11)18(15,16)7-6-17(2,13)14/h9-10H,3-8,11H2,1-2H3. The first-order chi connectivity index (χ1) is 8.17. The van der Waals surface area contributed by atoms with Gasteiger partial charge in [-0.25, -0.2) is 16.8 Å². The molecule has 1 fully saturated rings. The van der Waals surface area contributed by atoms with Crippen LogP contribution in [0.15, 0.2) is 0 Å². The molecular formula is C10H22N2O4S2. The van der Waals surface area contributed by atoms with Crippen molar-refractivity contribution in [3.05, 3.63) is 0 Å². The normalized spacial score (nSPS) is 27.3. The Morgan fingerprint density at radius 2 is 1.83 bits per heavy atom. The molecule has 2 atom stereocenters. The highest BCUT2D eigenvalue weighted by molar-refractivity contribution is 7.93. The molecule has 18 heavy (non-hydrogen) atoms. The summed E-state index contributed by atoms with van der Waals surface area (Å²) >= 11 is 0. The summed E-state index contributed by atoms with van der Waals surface area (Å²) in [6.07, 6.45) is 2.80. The Morgan fingerprint density at radius 1 is 1.22 bits per heavy atom. The van der Waals surface area contributed by atoms with Crippen molar-refractivity contribution in [3.63, 3.8) is 0 Å². The molecule has 1 aliphatic rings. The van der Waals surface area contributed by atoms with Gasteiger partial charge in [0.15, 0.2) is 0 Å². The van der Waals surface area contributed by atoms with Gasteiger partial charge in [-0.15, -0.1) is 0 Å². The van der Waals surface area contributed by atoms with E-state index >= 15 is 0 Å². The Morgan fingerprint density at radius 3 is 2.33 bits per heavy atom. The van der Waals surface area contributed by atoms with E-state index in [1.807, 2.05) is 6.92 Å². The molecule has 0 aromatic heterocycles. The SMILES string of the molecule is CC1CCCN(S(=O)(=O)CCS(C)(=O)=O)C1CN. The summed E-state index contributed by atoms with van der Waals surface area (Å²) < 4.78 is 47.8. The zero-order valence-electron chi connectivity index (χ0n) is 10.9. The molecular weight excluding hydrogens is 276 g/mol. The zero-order valence-corrected chi connectivity index (χ0v) is 12.5. The molecule has 0 saturated carbocycles. The Labute approximate surface area is 110 Å². The van der Waals surface area contributed by atoms with Crippen LogP contribution in [0.25, 0.3) is 0 Å². The van der Waals surface area contributed by atoms with Crippen molar-refractivity contribution in [3.8, 4) is 0 Å². The molecule has 108 valence electrons. The van der Waals surface area contributed by atoms with Crippen molar-refractivity contribution in [2.75, 3.05) is 30.9 Å². The predicted molar refractivity (Wildman–Crippen MR) is 71.4 cm³/mol. The number of sulfone groups is 1. The highest BCUT2D eigenvalue weighted by Crippen LogP contribution is 2.25. The van der Waals surface area contributed by atoms with E-state index in [2.05, 4.69) is 0 Å². The van der Waals surface area contributed by atoms with Crippen molar-refractivity contribution in [1.82, 2.24) is 4.31 Å². The summed E-state index contributed by atoms with van der Waals surface area (Å²) in [5, 5.41) is 0. The Balaban J connectivity index is 2.82. The second-order valence-corrected chi connectivity index (χ2v) is 9.28. The molecule has 0 aromatic rings. The molecule has 0 radical (unpaired) electrons. The highest BCUT2D eigenvalue weighted by Gasteiger charge is 2.35. The second kappa shape index (κ2) is 5.85. The van der Waals surface area contributed by atoms with Gasteiger partial charge in [0.1, 0.15) is 9.84 Å². The van der Waals surface area contributed by atoms with E-state index in [0.717, 1.165) is 19.1 Å².